The maximum atomic E-state index is 5.56. The summed E-state index contributed by atoms with van der Waals surface area (Å²) in [6, 6.07) is 6.10. The lowest BCUT2D eigenvalue weighted by Gasteiger charge is -1.90. The van der Waals surface area contributed by atoms with Gasteiger partial charge in [-0.15, -0.1) is 11.3 Å². The molecule has 2 heterocycles. The SMILES string of the molecule is Cc1cccc2[nH]c(-c3csc(CN)n3)nc12. The van der Waals surface area contributed by atoms with Gasteiger partial charge in [-0.1, -0.05) is 12.1 Å². The number of aromatic amines is 1. The zero-order chi connectivity index (χ0) is 11.8. The van der Waals surface area contributed by atoms with Gasteiger partial charge in [0.15, 0.2) is 5.82 Å². The summed E-state index contributed by atoms with van der Waals surface area (Å²) in [5, 5.41) is 2.91. The van der Waals surface area contributed by atoms with Crippen LogP contribution in [0.2, 0.25) is 0 Å². The molecule has 0 spiro atoms. The van der Waals surface area contributed by atoms with Gasteiger partial charge in [-0.05, 0) is 18.6 Å². The van der Waals surface area contributed by atoms with E-state index < -0.39 is 0 Å². The Morgan fingerprint density at radius 2 is 2.24 bits per heavy atom. The van der Waals surface area contributed by atoms with E-state index >= 15 is 0 Å². The van der Waals surface area contributed by atoms with Gasteiger partial charge in [0.25, 0.3) is 0 Å². The second kappa shape index (κ2) is 3.94. The number of hydrogen-bond donors (Lipinski definition) is 2. The first-order chi connectivity index (χ1) is 8.28. The predicted octanol–water partition coefficient (Wildman–Crippen LogP) is 2.45. The van der Waals surface area contributed by atoms with E-state index in [1.54, 1.807) is 11.3 Å². The number of H-pyrrole nitrogens is 1. The third-order valence-electron chi connectivity index (χ3n) is 2.68. The summed E-state index contributed by atoms with van der Waals surface area (Å²) in [6.07, 6.45) is 0. The third-order valence-corrected chi connectivity index (χ3v) is 3.55. The smallest absolute Gasteiger partial charge is 0.158 e. The molecule has 1 aromatic carbocycles. The van der Waals surface area contributed by atoms with Crippen LogP contribution in [0.25, 0.3) is 22.6 Å². The van der Waals surface area contributed by atoms with Crippen LogP contribution < -0.4 is 5.73 Å². The molecular formula is C12H12N4S. The fourth-order valence-electron chi connectivity index (χ4n) is 1.81. The molecule has 0 aliphatic heterocycles. The minimum Gasteiger partial charge on any atom is -0.337 e. The average molecular weight is 244 g/mol. The van der Waals surface area contributed by atoms with E-state index in [1.807, 2.05) is 17.5 Å². The number of aryl methyl sites for hydroxylation is 1. The Morgan fingerprint density at radius 1 is 1.35 bits per heavy atom. The van der Waals surface area contributed by atoms with Crippen molar-refractivity contribution < 1.29 is 0 Å². The lowest BCUT2D eigenvalue weighted by Crippen LogP contribution is -1.94. The Morgan fingerprint density at radius 3 is 2.94 bits per heavy atom. The minimum absolute atomic E-state index is 0.476. The van der Waals surface area contributed by atoms with Gasteiger partial charge < -0.3 is 10.7 Å². The van der Waals surface area contributed by atoms with E-state index in [0.29, 0.717) is 6.54 Å². The van der Waals surface area contributed by atoms with Gasteiger partial charge in [0.1, 0.15) is 10.7 Å². The van der Waals surface area contributed by atoms with Gasteiger partial charge in [0.2, 0.25) is 0 Å². The molecule has 17 heavy (non-hydrogen) atoms. The number of aromatic nitrogens is 3. The molecule has 0 atom stereocenters. The highest BCUT2D eigenvalue weighted by atomic mass is 32.1. The molecule has 0 radical (unpaired) electrons. The number of benzene rings is 1. The molecule has 86 valence electrons. The zero-order valence-corrected chi connectivity index (χ0v) is 10.2. The zero-order valence-electron chi connectivity index (χ0n) is 9.40. The predicted molar refractivity (Wildman–Crippen MR) is 69.8 cm³/mol. The lowest BCUT2D eigenvalue weighted by molar-refractivity contribution is 1.04. The van der Waals surface area contributed by atoms with Crippen molar-refractivity contribution in [2.75, 3.05) is 0 Å². The van der Waals surface area contributed by atoms with Crippen LogP contribution in [0.5, 0.6) is 0 Å². The first-order valence-corrected chi connectivity index (χ1v) is 6.26. The minimum atomic E-state index is 0.476. The number of nitrogens with one attached hydrogen (secondary N) is 1. The molecule has 0 saturated carbocycles. The Balaban J connectivity index is 2.14. The molecule has 0 fully saturated rings. The highest BCUT2D eigenvalue weighted by Gasteiger charge is 2.09. The summed E-state index contributed by atoms with van der Waals surface area (Å²) < 4.78 is 0. The lowest BCUT2D eigenvalue weighted by atomic mass is 10.2. The largest absolute Gasteiger partial charge is 0.337 e. The van der Waals surface area contributed by atoms with Gasteiger partial charge in [-0.3, -0.25) is 0 Å². The second-order valence-electron chi connectivity index (χ2n) is 3.89. The number of thiazole rings is 1. The van der Waals surface area contributed by atoms with Gasteiger partial charge in [-0.2, -0.15) is 0 Å². The number of hydrogen-bond acceptors (Lipinski definition) is 4. The van der Waals surface area contributed by atoms with Gasteiger partial charge in [0.05, 0.1) is 11.0 Å². The van der Waals surface area contributed by atoms with Crippen LogP contribution >= 0.6 is 11.3 Å². The Bertz CT molecular complexity index is 668. The molecule has 3 N–H and O–H groups in total. The topological polar surface area (TPSA) is 67.6 Å². The first kappa shape index (κ1) is 10.4. The third kappa shape index (κ3) is 1.73. The van der Waals surface area contributed by atoms with Crippen LogP contribution in [0.1, 0.15) is 10.6 Å². The standard InChI is InChI=1S/C12H12N4S/c1-7-3-2-4-8-11(7)16-12(15-8)9-6-17-10(5-13)14-9/h2-4,6H,5,13H2,1H3,(H,15,16). The van der Waals surface area contributed by atoms with E-state index in [0.717, 1.165) is 27.6 Å². The monoisotopic (exact) mass is 244 g/mol. The molecule has 4 nitrogen and oxygen atoms in total. The number of rotatable bonds is 2. The number of fused-ring (bicyclic) bond motifs is 1. The average Bonchev–Trinajstić information content (AvgIpc) is 2.95. The summed E-state index contributed by atoms with van der Waals surface area (Å²) in [6.45, 7) is 2.53. The normalized spacial score (nSPS) is 11.2. The van der Waals surface area contributed by atoms with E-state index in [1.165, 1.54) is 5.56 Å². The molecule has 0 aliphatic carbocycles. The van der Waals surface area contributed by atoms with Crippen LogP contribution in [0.3, 0.4) is 0 Å². The summed E-state index contributed by atoms with van der Waals surface area (Å²) in [7, 11) is 0. The molecule has 0 aliphatic rings. The number of nitrogens with zero attached hydrogens (tertiary/aromatic N) is 2. The highest BCUT2D eigenvalue weighted by molar-refractivity contribution is 7.09. The quantitative estimate of drug-likeness (QED) is 0.727. The second-order valence-corrected chi connectivity index (χ2v) is 4.83. The van der Waals surface area contributed by atoms with Gasteiger partial charge in [0, 0.05) is 11.9 Å². The van der Waals surface area contributed by atoms with Crippen molar-refractivity contribution in [3.8, 4) is 11.5 Å². The Labute approximate surface area is 103 Å². The fraction of sp³-hybridized carbons (Fsp3) is 0.167. The van der Waals surface area contributed by atoms with Crippen molar-refractivity contribution >= 4 is 22.4 Å². The van der Waals surface area contributed by atoms with Crippen LogP contribution in [-0.4, -0.2) is 15.0 Å². The van der Waals surface area contributed by atoms with E-state index in [-0.39, 0.29) is 0 Å². The van der Waals surface area contributed by atoms with Crippen LogP contribution in [0.15, 0.2) is 23.6 Å². The molecule has 0 saturated heterocycles. The van der Waals surface area contributed by atoms with Crippen molar-refractivity contribution in [1.29, 1.82) is 0 Å². The molecule has 0 bridgehead atoms. The summed E-state index contributed by atoms with van der Waals surface area (Å²) in [5.41, 5.74) is 9.64. The Hall–Kier alpha value is -1.72. The van der Waals surface area contributed by atoms with Crippen molar-refractivity contribution in [3.63, 3.8) is 0 Å². The molecule has 3 aromatic rings. The first-order valence-electron chi connectivity index (χ1n) is 5.38. The number of para-hydroxylation sites is 1. The molecule has 2 aromatic heterocycles. The maximum absolute atomic E-state index is 5.56. The molecule has 3 rings (SSSR count). The van der Waals surface area contributed by atoms with E-state index in [4.69, 9.17) is 5.73 Å². The van der Waals surface area contributed by atoms with E-state index in [2.05, 4.69) is 27.9 Å². The summed E-state index contributed by atoms with van der Waals surface area (Å²) in [5.74, 6) is 0.810. The molecule has 5 heteroatoms. The number of nitrogens with two attached hydrogens (primary N) is 1. The van der Waals surface area contributed by atoms with Crippen LogP contribution in [-0.2, 0) is 6.54 Å². The van der Waals surface area contributed by atoms with Crippen LogP contribution in [0.4, 0.5) is 0 Å². The van der Waals surface area contributed by atoms with Crippen molar-refractivity contribution in [2.24, 2.45) is 5.73 Å². The molecule has 0 amide bonds. The van der Waals surface area contributed by atoms with Crippen LogP contribution in [0, 0.1) is 6.92 Å². The maximum Gasteiger partial charge on any atom is 0.158 e. The molecule has 0 unspecified atom stereocenters. The van der Waals surface area contributed by atoms with Gasteiger partial charge >= 0.3 is 0 Å². The van der Waals surface area contributed by atoms with Gasteiger partial charge in [-0.25, -0.2) is 9.97 Å². The summed E-state index contributed by atoms with van der Waals surface area (Å²) >= 11 is 1.56. The van der Waals surface area contributed by atoms with Crippen molar-refractivity contribution in [3.05, 3.63) is 34.2 Å². The Kier molecular flexibility index (Phi) is 2.42. The van der Waals surface area contributed by atoms with E-state index in [9.17, 15) is 0 Å². The van der Waals surface area contributed by atoms with Crippen molar-refractivity contribution in [2.45, 2.75) is 13.5 Å². The fourth-order valence-corrected chi connectivity index (χ4v) is 2.47. The van der Waals surface area contributed by atoms with Crippen molar-refractivity contribution in [1.82, 2.24) is 15.0 Å². The number of imidazole rings is 1. The summed E-state index contributed by atoms with van der Waals surface area (Å²) in [4.78, 5) is 12.3. The highest BCUT2D eigenvalue weighted by Crippen LogP contribution is 2.23. The molecular weight excluding hydrogens is 232 g/mol.